The van der Waals surface area contributed by atoms with E-state index in [1.165, 1.54) is 86.9 Å². The van der Waals surface area contributed by atoms with Crippen LogP contribution in [0.5, 0.6) is 0 Å². The molecule has 2 heteroatoms. The summed E-state index contributed by atoms with van der Waals surface area (Å²) in [5.74, 6) is 0. The van der Waals surface area contributed by atoms with Gasteiger partial charge in [-0.2, -0.15) is 0 Å². The largest absolute Gasteiger partial charge is 0.310 e. The van der Waals surface area contributed by atoms with E-state index < -0.39 is 0 Å². The highest BCUT2D eigenvalue weighted by atomic mass is 32.1. The van der Waals surface area contributed by atoms with Gasteiger partial charge in [0.05, 0.1) is 5.69 Å². The third kappa shape index (κ3) is 3.94. The highest BCUT2D eigenvalue weighted by Gasteiger charge is 2.31. The summed E-state index contributed by atoms with van der Waals surface area (Å²) in [5, 5.41) is 2.60. The summed E-state index contributed by atoms with van der Waals surface area (Å²) in [4.78, 5) is 2.47. The first kappa shape index (κ1) is 27.7. The normalized spacial score (nSPS) is 12.0. The molecule has 0 aliphatic heterocycles. The van der Waals surface area contributed by atoms with Crippen molar-refractivity contribution < 1.29 is 0 Å². The molecule has 11 rings (SSSR count). The van der Waals surface area contributed by atoms with Gasteiger partial charge < -0.3 is 4.90 Å². The molecule has 0 saturated carbocycles. The highest BCUT2D eigenvalue weighted by Crippen LogP contribution is 2.58. The number of anilines is 3. The summed E-state index contributed by atoms with van der Waals surface area (Å²) in [6.07, 6.45) is 0. The van der Waals surface area contributed by atoms with Gasteiger partial charge in [0.2, 0.25) is 0 Å². The number of hydrogen-bond acceptors (Lipinski definition) is 2. The molecule has 50 heavy (non-hydrogen) atoms. The van der Waals surface area contributed by atoms with Gasteiger partial charge in [-0.15, -0.1) is 11.3 Å². The number of hydrogen-bond donors (Lipinski definition) is 0. The van der Waals surface area contributed by atoms with Crippen molar-refractivity contribution in [1.82, 2.24) is 0 Å². The van der Waals surface area contributed by atoms with Crippen LogP contribution in [0, 0.1) is 0 Å². The second-order valence-electron chi connectivity index (χ2n) is 13.2. The standard InChI is InChI=1S/C48H29NS/c1-2-12-30(13-3-1)33-14-6-8-22-44(33)49(32-25-27-46-42(28-32)36-16-7-9-23-45(36)50-46)31-24-26-35-39-19-11-20-40-41-21-10-18-38(48(41)43(35)29-31)34-15-4-5-17-37(34)47(39)40/h1-29H. The Morgan fingerprint density at radius 1 is 0.320 bits per heavy atom. The topological polar surface area (TPSA) is 3.24 Å². The molecule has 8 aromatic carbocycles. The van der Waals surface area contributed by atoms with Crippen molar-refractivity contribution in [3.8, 4) is 66.8 Å². The molecular formula is C48H29NS. The molecule has 1 nitrogen and oxygen atoms in total. The lowest BCUT2D eigenvalue weighted by Gasteiger charge is -2.29. The van der Waals surface area contributed by atoms with Gasteiger partial charge >= 0.3 is 0 Å². The van der Waals surface area contributed by atoms with E-state index in [9.17, 15) is 0 Å². The van der Waals surface area contributed by atoms with Crippen LogP contribution < -0.4 is 4.90 Å². The van der Waals surface area contributed by atoms with E-state index in [2.05, 4.69) is 181 Å². The lowest BCUT2D eigenvalue weighted by Crippen LogP contribution is -2.11. The van der Waals surface area contributed by atoms with Crippen molar-refractivity contribution in [2.75, 3.05) is 4.90 Å². The zero-order chi connectivity index (χ0) is 32.8. The summed E-state index contributed by atoms with van der Waals surface area (Å²) in [5.41, 5.74) is 18.8. The van der Waals surface area contributed by atoms with Crippen LogP contribution in [0.25, 0.3) is 86.9 Å². The molecule has 9 aromatic rings. The number of thiophene rings is 1. The maximum atomic E-state index is 2.47. The van der Waals surface area contributed by atoms with Crippen molar-refractivity contribution >= 4 is 48.6 Å². The molecule has 1 aromatic heterocycles. The van der Waals surface area contributed by atoms with Gasteiger partial charge in [-0.25, -0.2) is 0 Å². The molecule has 232 valence electrons. The Labute approximate surface area is 295 Å². The Kier molecular flexibility index (Phi) is 5.89. The second-order valence-corrected chi connectivity index (χ2v) is 14.3. The molecule has 2 aliphatic carbocycles. The molecule has 0 fully saturated rings. The van der Waals surface area contributed by atoms with Crippen LogP contribution >= 0.6 is 11.3 Å². The minimum Gasteiger partial charge on any atom is -0.310 e. The molecule has 2 aliphatic rings. The fourth-order valence-corrected chi connectivity index (χ4v) is 9.53. The first-order chi connectivity index (χ1) is 24.8. The number of nitrogens with zero attached hydrogens (tertiary/aromatic N) is 1. The van der Waals surface area contributed by atoms with E-state index in [1.54, 1.807) is 0 Å². The number of para-hydroxylation sites is 1. The first-order valence-corrected chi connectivity index (χ1v) is 18.0. The van der Waals surface area contributed by atoms with Gasteiger partial charge in [0.15, 0.2) is 0 Å². The number of rotatable bonds is 4. The van der Waals surface area contributed by atoms with E-state index >= 15 is 0 Å². The lowest BCUT2D eigenvalue weighted by atomic mass is 9.83. The van der Waals surface area contributed by atoms with E-state index in [4.69, 9.17) is 0 Å². The molecule has 0 spiro atoms. The van der Waals surface area contributed by atoms with Crippen molar-refractivity contribution in [2.45, 2.75) is 0 Å². The van der Waals surface area contributed by atoms with E-state index in [0.717, 1.165) is 17.1 Å². The number of benzene rings is 8. The Hall–Kier alpha value is -6.22. The predicted molar refractivity (Wildman–Crippen MR) is 214 cm³/mol. The Morgan fingerprint density at radius 3 is 1.66 bits per heavy atom. The summed E-state index contributed by atoms with van der Waals surface area (Å²) in [6.45, 7) is 0. The minimum absolute atomic E-state index is 1.14. The van der Waals surface area contributed by atoms with E-state index in [1.807, 2.05) is 11.3 Å². The molecule has 0 unspecified atom stereocenters. The first-order valence-electron chi connectivity index (χ1n) is 17.2. The zero-order valence-electron chi connectivity index (χ0n) is 27.1. The van der Waals surface area contributed by atoms with Crippen LogP contribution in [0.1, 0.15) is 0 Å². The van der Waals surface area contributed by atoms with Crippen LogP contribution in [-0.2, 0) is 0 Å². The monoisotopic (exact) mass is 651 g/mol. The van der Waals surface area contributed by atoms with Gasteiger partial charge in [-0.05, 0) is 104 Å². The molecular weight excluding hydrogens is 623 g/mol. The van der Waals surface area contributed by atoms with Crippen LogP contribution in [-0.4, -0.2) is 0 Å². The summed E-state index contributed by atoms with van der Waals surface area (Å²) >= 11 is 1.86. The summed E-state index contributed by atoms with van der Waals surface area (Å²) in [7, 11) is 0. The Bertz CT molecular complexity index is 2800. The maximum absolute atomic E-state index is 2.47. The van der Waals surface area contributed by atoms with Crippen molar-refractivity contribution in [3.05, 3.63) is 176 Å². The summed E-state index contributed by atoms with van der Waals surface area (Å²) < 4.78 is 2.62. The lowest BCUT2D eigenvalue weighted by molar-refractivity contribution is 1.29. The third-order valence-electron chi connectivity index (χ3n) is 10.6. The number of fused-ring (bicyclic) bond motifs is 7. The van der Waals surface area contributed by atoms with Crippen LogP contribution in [0.15, 0.2) is 176 Å². The summed E-state index contributed by atoms with van der Waals surface area (Å²) in [6, 6.07) is 65.1. The van der Waals surface area contributed by atoms with Crippen LogP contribution in [0.2, 0.25) is 0 Å². The molecule has 6 bridgehead atoms. The zero-order valence-corrected chi connectivity index (χ0v) is 27.9. The molecule has 0 atom stereocenters. The van der Waals surface area contributed by atoms with Gasteiger partial charge in [-0.1, -0.05) is 133 Å². The van der Waals surface area contributed by atoms with E-state index in [0.29, 0.717) is 0 Å². The van der Waals surface area contributed by atoms with Gasteiger partial charge in [-0.3, -0.25) is 0 Å². The third-order valence-corrected chi connectivity index (χ3v) is 11.7. The van der Waals surface area contributed by atoms with Gasteiger partial charge in [0.1, 0.15) is 0 Å². The quantitative estimate of drug-likeness (QED) is 0.183. The van der Waals surface area contributed by atoms with Gasteiger partial charge in [0, 0.05) is 37.1 Å². The average Bonchev–Trinajstić information content (AvgIpc) is 3.50. The average molecular weight is 652 g/mol. The van der Waals surface area contributed by atoms with Crippen molar-refractivity contribution in [3.63, 3.8) is 0 Å². The Morgan fingerprint density at radius 2 is 0.860 bits per heavy atom. The smallest absolute Gasteiger partial charge is 0.0540 e. The predicted octanol–water partition coefficient (Wildman–Crippen LogP) is 14.2. The molecule has 1 heterocycles. The van der Waals surface area contributed by atoms with Crippen molar-refractivity contribution in [2.24, 2.45) is 0 Å². The Balaban J connectivity index is 1.21. The maximum Gasteiger partial charge on any atom is 0.0540 e. The minimum atomic E-state index is 1.14. The molecule has 0 amide bonds. The molecule has 0 N–H and O–H groups in total. The SMILES string of the molecule is c1ccc(-c2ccccc2N(c2ccc3c(c2)-c2c4cccc2-c2cccc-3c2-c2ccccc2-4)c2ccc3sc4ccccc4c3c2)cc1. The fraction of sp³-hybridized carbons (Fsp3) is 0. The molecule has 0 radical (unpaired) electrons. The van der Waals surface area contributed by atoms with Crippen LogP contribution in [0.3, 0.4) is 0 Å². The van der Waals surface area contributed by atoms with Gasteiger partial charge in [0.25, 0.3) is 0 Å². The second kappa shape index (κ2) is 10.6. The highest BCUT2D eigenvalue weighted by molar-refractivity contribution is 7.25. The van der Waals surface area contributed by atoms with Crippen LogP contribution in [0.4, 0.5) is 17.1 Å². The molecule has 0 saturated heterocycles. The fourth-order valence-electron chi connectivity index (χ4n) is 8.44. The van der Waals surface area contributed by atoms with Crippen molar-refractivity contribution in [1.29, 1.82) is 0 Å². The van der Waals surface area contributed by atoms with E-state index in [-0.39, 0.29) is 0 Å².